The average molecular weight is 383 g/mol. The Morgan fingerprint density at radius 1 is 1.14 bits per heavy atom. The van der Waals surface area contributed by atoms with Gasteiger partial charge < -0.3 is 15.1 Å². The van der Waals surface area contributed by atoms with Gasteiger partial charge in [0.1, 0.15) is 11.8 Å². The summed E-state index contributed by atoms with van der Waals surface area (Å²) in [7, 11) is 0. The minimum Gasteiger partial charge on any atom is -0.467 e. The van der Waals surface area contributed by atoms with Gasteiger partial charge in [-0.15, -0.1) is 0 Å². The Kier molecular flexibility index (Phi) is 5.58. The number of carbonyl (C=O) groups is 4. The molecule has 0 bridgehead atoms. The summed E-state index contributed by atoms with van der Waals surface area (Å²) in [4.78, 5) is 50.5. The van der Waals surface area contributed by atoms with E-state index >= 15 is 0 Å². The monoisotopic (exact) mass is 383 g/mol. The van der Waals surface area contributed by atoms with Gasteiger partial charge in [-0.25, -0.2) is 0 Å². The molecule has 0 aliphatic carbocycles. The van der Waals surface area contributed by atoms with E-state index in [0.717, 1.165) is 11.3 Å². The first-order chi connectivity index (χ1) is 13.4. The fraction of sp³-hybridized carbons (Fsp3) is 0.300. The van der Waals surface area contributed by atoms with Crippen molar-refractivity contribution in [2.24, 2.45) is 0 Å². The normalized spacial score (nSPS) is 14.0. The van der Waals surface area contributed by atoms with Crippen LogP contribution in [0.5, 0.6) is 0 Å². The molecule has 1 aromatic carbocycles. The Hall–Kier alpha value is -3.42. The van der Waals surface area contributed by atoms with Crippen molar-refractivity contribution in [3.63, 3.8) is 0 Å². The van der Waals surface area contributed by atoms with Crippen molar-refractivity contribution in [1.29, 1.82) is 0 Å². The second kappa shape index (κ2) is 8.08. The number of imide groups is 1. The summed E-state index contributed by atoms with van der Waals surface area (Å²) < 4.78 is 5.20. The fourth-order valence-corrected chi connectivity index (χ4v) is 2.88. The van der Waals surface area contributed by atoms with Crippen molar-refractivity contribution < 1.29 is 23.6 Å². The van der Waals surface area contributed by atoms with Gasteiger partial charge in [-0.3, -0.25) is 24.1 Å². The molecule has 2 aromatic rings. The van der Waals surface area contributed by atoms with Gasteiger partial charge in [0.05, 0.1) is 23.9 Å². The maximum absolute atomic E-state index is 12.6. The summed E-state index contributed by atoms with van der Waals surface area (Å²) >= 11 is 0. The number of hydrogen-bond donors (Lipinski definition) is 2. The number of furan rings is 1. The van der Waals surface area contributed by atoms with Crippen molar-refractivity contribution in [1.82, 2.24) is 15.5 Å². The van der Waals surface area contributed by atoms with Crippen LogP contribution in [0.1, 0.15) is 57.1 Å². The fourth-order valence-electron chi connectivity index (χ4n) is 2.88. The molecule has 0 spiro atoms. The van der Waals surface area contributed by atoms with Gasteiger partial charge in [-0.1, -0.05) is 6.92 Å². The van der Waals surface area contributed by atoms with Crippen LogP contribution in [-0.2, 0) is 11.3 Å². The second-order valence-corrected chi connectivity index (χ2v) is 6.52. The van der Waals surface area contributed by atoms with Crippen molar-refractivity contribution in [3.05, 3.63) is 59.0 Å². The zero-order chi connectivity index (χ0) is 20.3. The highest BCUT2D eigenvalue weighted by molar-refractivity contribution is 6.22. The van der Waals surface area contributed by atoms with Crippen LogP contribution in [0.25, 0.3) is 0 Å². The molecule has 4 amide bonds. The molecule has 3 rings (SSSR count). The maximum Gasteiger partial charge on any atom is 0.261 e. The van der Waals surface area contributed by atoms with Crippen molar-refractivity contribution >= 4 is 23.6 Å². The Bertz CT molecular complexity index is 920. The lowest BCUT2D eigenvalue weighted by Crippen LogP contribution is -2.45. The molecule has 8 nitrogen and oxygen atoms in total. The third-order valence-electron chi connectivity index (χ3n) is 4.42. The molecule has 1 aliphatic heterocycles. The van der Waals surface area contributed by atoms with Gasteiger partial charge in [-0.05, 0) is 43.7 Å². The standard InChI is InChI=1S/C20H21N3O5/c1-3-8-21-17(24)12(2)22-18(25)13-6-7-15-16(10-13)20(27)23(19(15)26)11-14-5-4-9-28-14/h4-7,9-10,12H,3,8,11H2,1-2H3,(H,21,24)(H,22,25)/t12-/m1/s1. The van der Waals surface area contributed by atoms with Crippen molar-refractivity contribution in [2.45, 2.75) is 32.9 Å². The number of rotatable bonds is 7. The van der Waals surface area contributed by atoms with E-state index in [1.165, 1.54) is 24.5 Å². The zero-order valence-electron chi connectivity index (χ0n) is 15.7. The minimum atomic E-state index is -0.722. The quantitative estimate of drug-likeness (QED) is 0.708. The third-order valence-corrected chi connectivity index (χ3v) is 4.42. The average Bonchev–Trinajstić information content (AvgIpc) is 3.28. The molecule has 1 aliphatic rings. The van der Waals surface area contributed by atoms with Gasteiger partial charge in [0.25, 0.3) is 17.7 Å². The predicted molar refractivity (Wildman–Crippen MR) is 99.6 cm³/mol. The molecule has 2 heterocycles. The van der Waals surface area contributed by atoms with E-state index in [1.54, 1.807) is 19.1 Å². The molecule has 0 fully saturated rings. The van der Waals surface area contributed by atoms with E-state index in [4.69, 9.17) is 4.42 Å². The Morgan fingerprint density at radius 3 is 2.57 bits per heavy atom. The smallest absolute Gasteiger partial charge is 0.261 e. The predicted octanol–water partition coefficient (Wildman–Crippen LogP) is 1.72. The van der Waals surface area contributed by atoms with E-state index in [2.05, 4.69) is 10.6 Å². The molecule has 28 heavy (non-hydrogen) atoms. The van der Waals surface area contributed by atoms with Crippen LogP contribution in [0.15, 0.2) is 41.0 Å². The first-order valence-corrected chi connectivity index (χ1v) is 9.03. The molecule has 8 heteroatoms. The second-order valence-electron chi connectivity index (χ2n) is 6.52. The molecular weight excluding hydrogens is 362 g/mol. The van der Waals surface area contributed by atoms with Gasteiger partial charge >= 0.3 is 0 Å². The third kappa shape index (κ3) is 3.80. The van der Waals surface area contributed by atoms with E-state index < -0.39 is 23.8 Å². The summed E-state index contributed by atoms with van der Waals surface area (Å²) in [5.74, 6) is -1.21. The summed E-state index contributed by atoms with van der Waals surface area (Å²) in [6, 6.07) is 6.92. The summed E-state index contributed by atoms with van der Waals surface area (Å²) in [5, 5.41) is 5.30. The van der Waals surface area contributed by atoms with E-state index in [9.17, 15) is 19.2 Å². The topological polar surface area (TPSA) is 109 Å². The largest absolute Gasteiger partial charge is 0.467 e. The van der Waals surface area contributed by atoms with Crippen LogP contribution < -0.4 is 10.6 Å². The van der Waals surface area contributed by atoms with E-state index in [1.807, 2.05) is 6.92 Å². The number of amides is 4. The lowest BCUT2D eigenvalue weighted by Gasteiger charge is -2.14. The van der Waals surface area contributed by atoms with Gasteiger partial charge in [0.2, 0.25) is 5.91 Å². The summed E-state index contributed by atoms with van der Waals surface area (Å²) in [5.41, 5.74) is 0.601. The van der Waals surface area contributed by atoms with Crippen molar-refractivity contribution in [2.75, 3.05) is 6.54 Å². The molecule has 146 valence electrons. The lowest BCUT2D eigenvalue weighted by molar-refractivity contribution is -0.122. The van der Waals surface area contributed by atoms with Gasteiger partial charge in [0, 0.05) is 12.1 Å². The highest BCUT2D eigenvalue weighted by Gasteiger charge is 2.36. The van der Waals surface area contributed by atoms with E-state index in [-0.39, 0.29) is 29.1 Å². The first kappa shape index (κ1) is 19.3. The molecule has 2 N–H and O–H groups in total. The number of carbonyl (C=O) groups excluding carboxylic acids is 4. The van der Waals surface area contributed by atoms with Crippen LogP contribution >= 0.6 is 0 Å². The minimum absolute atomic E-state index is 0.0233. The Labute approximate surface area is 161 Å². The first-order valence-electron chi connectivity index (χ1n) is 9.03. The number of hydrogen-bond acceptors (Lipinski definition) is 5. The highest BCUT2D eigenvalue weighted by atomic mass is 16.3. The molecular formula is C20H21N3O5. The van der Waals surface area contributed by atoms with Crippen molar-refractivity contribution in [3.8, 4) is 0 Å². The van der Waals surface area contributed by atoms with Gasteiger partial charge in [-0.2, -0.15) is 0 Å². The Balaban J connectivity index is 1.73. The number of fused-ring (bicyclic) bond motifs is 1. The highest BCUT2D eigenvalue weighted by Crippen LogP contribution is 2.25. The number of benzene rings is 1. The van der Waals surface area contributed by atoms with Crippen LogP contribution in [-0.4, -0.2) is 41.1 Å². The lowest BCUT2D eigenvalue weighted by atomic mass is 10.0. The zero-order valence-corrected chi connectivity index (χ0v) is 15.7. The molecule has 1 atom stereocenters. The molecule has 0 saturated heterocycles. The van der Waals surface area contributed by atoms with E-state index in [0.29, 0.717) is 12.3 Å². The van der Waals surface area contributed by atoms with Crippen LogP contribution in [0.4, 0.5) is 0 Å². The molecule has 1 aromatic heterocycles. The summed E-state index contributed by atoms with van der Waals surface area (Å²) in [6.07, 6.45) is 2.26. The number of nitrogens with zero attached hydrogens (tertiary/aromatic N) is 1. The molecule has 0 radical (unpaired) electrons. The maximum atomic E-state index is 12.6. The SMILES string of the molecule is CCCNC(=O)[C@@H](C)NC(=O)c1ccc2c(c1)C(=O)N(Cc1ccco1)C2=O. The van der Waals surface area contributed by atoms with Crippen LogP contribution in [0.3, 0.4) is 0 Å². The molecule has 0 saturated carbocycles. The molecule has 0 unspecified atom stereocenters. The van der Waals surface area contributed by atoms with Crippen LogP contribution in [0, 0.1) is 0 Å². The summed E-state index contributed by atoms with van der Waals surface area (Å²) in [6.45, 7) is 4.06. The Morgan fingerprint density at radius 2 is 1.89 bits per heavy atom. The number of nitrogens with one attached hydrogen (secondary N) is 2. The van der Waals surface area contributed by atoms with Gasteiger partial charge in [0.15, 0.2) is 0 Å². The van der Waals surface area contributed by atoms with Crippen LogP contribution in [0.2, 0.25) is 0 Å².